The molecule has 0 saturated carbocycles. The lowest BCUT2D eigenvalue weighted by Crippen LogP contribution is -2.34. The van der Waals surface area contributed by atoms with Crippen molar-refractivity contribution in [1.82, 2.24) is 10.2 Å². The lowest BCUT2D eigenvalue weighted by Gasteiger charge is -2.25. The molecular weight excluding hydrogens is 332 g/mol. The van der Waals surface area contributed by atoms with E-state index in [4.69, 9.17) is 14.2 Å². The third-order valence-electron chi connectivity index (χ3n) is 4.21. The largest absolute Gasteiger partial charge is 0.496 e. The molecule has 0 bridgehead atoms. The van der Waals surface area contributed by atoms with E-state index in [1.165, 1.54) is 14.2 Å². The van der Waals surface area contributed by atoms with Gasteiger partial charge >= 0.3 is 0 Å². The van der Waals surface area contributed by atoms with Crippen LogP contribution in [0.5, 0.6) is 17.2 Å². The van der Waals surface area contributed by atoms with Crippen molar-refractivity contribution in [3.63, 3.8) is 0 Å². The molecule has 0 aliphatic rings. The summed E-state index contributed by atoms with van der Waals surface area (Å²) in [4.78, 5) is 14.8. The van der Waals surface area contributed by atoms with E-state index in [2.05, 4.69) is 10.2 Å². The fourth-order valence-corrected chi connectivity index (χ4v) is 2.77. The highest BCUT2D eigenvalue weighted by Crippen LogP contribution is 2.34. The van der Waals surface area contributed by atoms with Crippen LogP contribution in [-0.2, 0) is 0 Å². The second kappa shape index (κ2) is 9.10. The molecule has 2 aromatic carbocycles. The van der Waals surface area contributed by atoms with Gasteiger partial charge in [-0.05, 0) is 19.7 Å². The molecule has 0 aliphatic heterocycles. The van der Waals surface area contributed by atoms with Gasteiger partial charge in [0.25, 0.3) is 5.91 Å². The quantitative estimate of drug-likeness (QED) is 0.786. The molecule has 2 aromatic rings. The molecule has 0 saturated heterocycles. The maximum Gasteiger partial charge on any atom is 0.255 e. The molecule has 1 atom stereocenters. The minimum Gasteiger partial charge on any atom is -0.496 e. The molecule has 1 N–H and O–H groups in total. The van der Waals surface area contributed by atoms with Gasteiger partial charge in [0.05, 0.1) is 32.9 Å². The van der Waals surface area contributed by atoms with Crippen molar-refractivity contribution in [3.8, 4) is 17.2 Å². The van der Waals surface area contributed by atoms with E-state index >= 15 is 0 Å². The van der Waals surface area contributed by atoms with Crippen molar-refractivity contribution < 1.29 is 19.0 Å². The van der Waals surface area contributed by atoms with Gasteiger partial charge in [-0.25, -0.2) is 0 Å². The molecule has 0 spiro atoms. The summed E-state index contributed by atoms with van der Waals surface area (Å²) in [5.74, 6) is 1.19. The Morgan fingerprint density at radius 1 is 0.962 bits per heavy atom. The molecule has 0 heterocycles. The predicted molar refractivity (Wildman–Crippen MR) is 101 cm³/mol. The highest BCUT2D eigenvalue weighted by molar-refractivity contribution is 5.97. The van der Waals surface area contributed by atoms with Crippen LogP contribution in [-0.4, -0.2) is 52.8 Å². The Bertz CT molecular complexity index is 732. The second-order valence-electron chi connectivity index (χ2n) is 6.01. The normalized spacial score (nSPS) is 11.8. The molecule has 0 radical (unpaired) electrons. The zero-order chi connectivity index (χ0) is 19.1. The molecule has 1 unspecified atom stereocenters. The van der Waals surface area contributed by atoms with Crippen LogP contribution in [0.25, 0.3) is 0 Å². The minimum atomic E-state index is -0.231. The molecule has 6 heteroatoms. The number of carbonyl (C=O) groups is 1. The lowest BCUT2D eigenvalue weighted by molar-refractivity contribution is 0.0938. The van der Waals surface area contributed by atoms with E-state index in [-0.39, 0.29) is 11.9 Å². The van der Waals surface area contributed by atoms with Crippen molar-refractivity contribution >= 4 is 5.91 Å². The number of hydrogen-bond donors (Lipinski definition) is 1. The number of amides is 1. The van der Waals surface area contributed by atoms with Crippen LogP contribution >= 0.6 is 0 Å². The molecule has 140 valence electrons. The fourth-order valence-electron chi connectivity index (χ4n) is 2.77. The van der Waals surface area contributed by atoms with Gasteiger partial charge in [-0.2, -0.15) is 0 Å². The summed E-state index contributed by atoms with van der Waals surface area (Å²) in [7, 11) is 8.56. The predicted octanol–water partition coefficient (Wildman–Crippen LogP) is 2.75. The summed E-state index contributed by atoms with van der Waals surface area (Å²) < 4.78 is 15.9. The van der Waals surface area contributed by atoms with Crippen molar-refractivity contribution in [2.24, 2.45) is 0 Å². The van der Waals surface area contributed by atoms with Crippen LogP contribution in [0.4, 0.5) is 0 Å². The smallest absolute Gasteiger partial charge is 0.255 e. The van der Waals surface area contributed by atoms with Crippen LogP contribution in [0.1, 0.15) is 22.0 Å². The Balaban J connectivity index is 2.21. The van der Waals surface area contributed by atoms with Gasteiger partial charge in [-0.3, -0.25) is 4.79 Å². The van der Waals surface area contributed by atoms with Crippen molar-refractivity contribution in [2.45, 2.75) is 6.04 Å². The van der Waals surface area contributed by atoms with Gasteiger partial charge in [0.2, 0.25) is 0 Å². The van der Waals surface area contributed by atoms with Crippen LogP contribution in [0.2, 0.25) is 0 Å². The SMILES string of the molecule is COc1cc(OC)c(C(=O)NCC(c2ccccc2)N(C)C)cc1OC. The number of rotatable bonds is 8. The molecule has 2 rings (SSSR count). The average Bonchev–Trinajstić information content (AvgIpc) is 2.67. The minimum absolute atomic E-state index is 0.0614. The maximum atomic E-state index is 12.7. The Labute approximate surface area is 154 Å². The number of nitrogens with one attached hydrogen (secondary N) is 1. The molecule has 26 heavy (non-hydrogen) atoms. The second-order valence-corrected chi connectivity index (χ2v) is 6.01. The van der Waals surface area contributed by atoms with Gasteiger partial charge < -0.3 is 24.4 Å². The van der Waals surface area contributed by atoms with Crippen molar-refractivity contribution in [3.05, 3.63) is 53.6 Å². The number of methoxy groups -OCH3 is 3. The third kappa shape index (κ3) is 4.46. The number of hydrogen-bond acceptors (Lipinski definition) is 5. The fraction of sp³-hybridized carbons (Fsp3) is 0.350. The maximum absolute atomic E-state index is 12.7. The van der Waals surface area contributed by atoms with Crippen LogP contribution in [0, 0.1) is 0 Å². The first kappa shape index (κ1) is 19.6. The molecule has 0 aliphatic carbocycles. The van der Waals surface area contributed by atoms with E-state index in [1.54, 1.807) is 19.2 Å². The monoisotopic (exact) mass is 358 g/mol. The van der Waals surface area contributed by atoms with Crippen molar-refractivity contribution in [2.75, 3.05) is 42.0 Å². The highest BCUT2D eigenvalue weighted by atomic mass is 16.5. The van der Waals surface area contributed by atoms with Gasteiger partial charge in [-0.15, -0.1) is 0 Å². The van der Waals surface area contributed by atoms with Gasteiger partial charge in [0, 0.05) is 18.7 Å². The molecule has 6 nitrogen and oxygen atoms in total. The average molecular weight is 358 g/mol. The molecule has 0 aromatic heterocycles. The number of benzene rings is 2. The van der Waals surface area contributed by atoms with Gasteiger partial charge in [-0.1, -0.05) is 30.3 Å². The van der Waals surface area contributed by atoms with E-state index in [9.17, 15) is 4.79 Å². The van der Waals surface area contributed by atoms with Gasteiger partial charge in [0.15, 0.2) is 11.5 Å². The number of nitrogens with zero attached hydrogens (tertiary/aromatic N) is 1. The summed E-state index contributed by atoms with van der Waals surface area (Å²) in [5, 5.41) is 2.99. The number of likely N-dealkylation sites (N-methyl/N-ethyl adjacent to an activating group) is 1. The highest BCUT2D eigenvalue weighted by Gasteiger charge is 2.20. The van der Waals surface area contributed by atoms with Crippen LogP contribution in [0.3, 0.4) is 0 Å². The zero-order valence-corrected chi connectivity index (χ0v) is 15.9. The van der Waals surface area contributed by atoms with E-state index in [0.29, 0.717) is 29.4 Å². The Morgan fingerprint density at radius 3 is 2.08 bits per heavy atom. The zero-order valence-electron chi connectivity index (χ0n) is 15.9. The lowest BCUT2D eigenvalue weighted by atomic mass is 10.1. The molecular formula is C20H26N2O4. The van der Waals surface area contributed by atoms with Crippen LogP contribution in [0.15, 0.2) is 42.5 Å². The Morgan fingerprint density at radius 2 is 1.54 bits per heavy atom. The standard InChI is InChI=1S/C20H26N2O4/c1-22(2)16(14-9-7-6-8-10-14)13-21-20(23)15-11-18(25-4)19(26-5)12-17(15)24-3/h6-12,16H,13H2,1-5H3,(H,21,23). The van der Waals surface area contributed by atoms with E-state index < -0.39 is 0 Å². The van der Waals surface area contributed by atoms with Crippen molar-refractivity contribution in [1.29, 1.82) is 0 Å². The topological polar surface area (TPSA) is 60.0 Å². The number of ether oxygens (including phenoxy) is 3. The summed E-state index contributed by atoms with van der Waals surface area (Å²) >= 11 is 0. The van der Waals surface area contributed by atoms with E-state index in [1.807, 2.05) is 44.4 Å². The first-order valence-electron chi connectivity index (χ1n) is 8.31. The van der Waals surface area contributed by atoms with Gasteiger partial charge in [0.1, 0.15) is 5.75 Å². The Hall–Kier alpha value is -2.73. The molecule has 0 fully saturated rings. The third-order valence-corrected chi connectivity index (χ3v) is 4.21. The first-order valence-corrected chi connectivity index (χ1v) is 8.31. The summed E-state index contributed by atoms with van der Waals surface area (Å²) in [6, 6.07) is 13.4. The first-order chi connectivity index (χ1) is 12.5. The summed E-state index contributed by atoms with van der Waals surface area (Å²) in [5.41, 5.74) is 1.53. The molecule has 1 amide bonds. The van der Waals surface area contributed by atoms with E-state index in [0.717, 1.165) is 5.56 Å². The Kier molecular flexibility index (Phi) is 6.86. The van der Waals surface area contributed by atoms with Crippen LogP contribution < -0.4 is 19.5 Å². The summed E-state index contributed by atoms with van der Waals surface area (Å²) in [6.45, 7) is 0.466. The summed E-state index contributed by atoms with van der Waals surface area (Å²) in [6.07, 6.45) is 0. The number of carbonyl (C=O) groups excluding carboxylic acids is 1.